The SMILES string of the molecule is COc1cccc2c1CC(CN1CCN(Cc3ccccc3)CC1)CO2. The molecule has 2 aromatic carbocycles. The second-order valence-electron chi connectivity index (χ2n) is 7.38. The minimum Gasteiger partial charge on any atom is -0.496 e. The van der Waals surface area contributed by atoms with E-state index in [1.54, 1.807) is 7.11 Å². The summed E-state index contributed by atoms with van der Waals surface area (Å²) in [6.45, 7) is 7.54. The van der Waals surface area contributed by atoms with Gasteiger partial charge in [-0.2, -0.15) is 0 Å². The highest BCUT2D eigenvalue weighted by atomic mass is 16.5. The van der Waals surface area contributed by atoms with Gasteiger partial charge in [0.15, 0.2) is 0 Å². The Bertz CT molecular complexity index is 697. The molecule has 0 bridgehead atoms. The van der Waals surface area contributed by atoms with Crippen molar-refractivity contribution in [1.29, 1.82) is 0 Å². The molecule has 0 saturated carbocycles. The average molecular weight is 352 g/mol. The van der Waals surface area contributed by atoms with Gasteiger partial charge in [0.25, 0.3) is 0 Å². The molecule has 2 heterocycles. The van der Waals surface area contributed by atoms with Crippen molar-refractivity contribution in [3.8, 4) is 11.5 Å². The summed E-state index contributed by atoms with van der Waals surface area (Å²) >= 11 is 0. The first-order chi connectivity index (χ1) is 12.8. The zero-order chi connectivity index (χ0) is 17.8. The Morgan fingerprint density at radius 1 is 0.962 bits per heavy atom. The number of rotatable bonds is 5. The van der Waals surface area contributed by atoms with E-state index >= 15 is 0 Å². The third kappa shape index (κ3) is 4.02. The fraction of sp³-hybridized carbons (Fsp3) is 0.455. The molecule has 26 heavy (non-hydrogen) atoms. The predicted octanol–water partition coefficient (Wildman–Crippen LogP) is 3.06. The van der Waals surface area contributed by atoms with E-state index in [1.165, 1.54) is 11.1 Å². The summed E-state index contributed by atoms with van der Waals surface area (Å²) in [6, 6.07) is 16.9. The zero-order valence-electron chi connectivity index (χ0n) is 15.6. The van der Waals surface area contributed by atoms with Crippen LogP contribution in [0.4, 0.5) is 0 Å². The van der Waals surface area contributed by atoms with Gasteiger partial charge in [0, 0.05) is 50.7 Å². The maximum absolute atomic E-state index is 6.00. The van der Waals surface area contributed by atoms with Crippen LogP contribution >= 0.6 is 0 Å². The summed E-state index contributed by atoms with van der Waals surface area (Å²) in [7, 11) is 1.74. The second kappa shape index (κ2) is 8.11. The van der Waals surface area contributed by atoms with Gasteiger partial charge in [0.2, 0.25) is 0 Å². The standard InChI is InChI=1S/C22H28N2O2/c1-25-21-8-5-9-22-20(21)14-19(17-26-22)16-24-12-10-23(11-13-24)15-18-6-3-2-4-7-18/h2-9,19H,10-17H2,1H3. The molecule has 4 rings (SSSR count). The van der Waals surface area contributed by atoms with E-state index < -0.39 is 0 Å². The molecule has 1 saturated heterocycles. The van der Waals surface area contributed by atoms with Crippen LogP contribution in [0.3, 0.4) is 0 Å². The van der Waals surface area contributed by atoms with Crippen LogP contribution in [0.2, 0.25) is 0 Å². The molecular weight excluding hydrogens is 324 g/mol. The maximum atomic E-state index is 6.00. The van der Waals surface area contributed by atoms with Crippen LogP contribution in [0.5, 0.6) is 11.5 Å². The summed E-state index contributed by atoms with van der Waals surface area (Å²) in [5.41, 5.74) is 2.64. The minimum atomic E-state index is 0.541. The van der Waals surface area contributed by atoms with Crippen LogP contribution in [-0.4, -0.2) is 56.2 Å². The number of benzene rings is 2. The highest BCUT2D eigenvalue weighted by Gasteiger charge is 2.26. The van der Waals surface area contributed by atoms with Crippen LogP contribution in [0.1, 0.15) is 11.1 Å². The molecule has 1 fully saturated rings. The van der Waals surface area contributed by atoms with E-state index in [0.29, 0.717) is 5.92 Å². The van der Waals surface area contributed by atoms with E-state index in [-0.39, 0.29) is 0 Å². The molecule has 138 valence electrons. The normalized spacial score (nSPS) is 21.0. The van der Waals surface area contributed by atoms with Crippen LogP contribution in [-0.2, 0) is 13.0 Å². The summed E-state index contributed by atoms with van der Waals surface area (Å²) in [5, 5.41) is 0. The third-order valence-electron chi connectivity index (χ3n) is 5.51. The lowest BCUT2D eigenvalue weighted by molar-refractivity contribution is 0.0953. The maximum Gasteiger partial charge on any atom is 0.126 e. The van der Waals surface area contributed by atoms with Crippen molar-refractivity contribution in [2.45, 2.75) is 13.0 Å². The Labute approximate surface area is 156 Å². The molecule has 4 heteroatoms. The quantitative estimate of drug-likeness (QED) is 0.826. The number of methoxy groups -OCH3 is 1. The molecule has 2 aliphatic heterocycles. The third-order valence-corrected chi connectivity index (χ3v) is 5.51. The van der Waals surface area contributed by atoms with E-state index in [4.69, 9.17) is 9.47 Å². The fourth-order valence-electron chi connectivity index (χ4n) is 4.08. The molecule has 0 aliphatic carbocycles. The number of hydrogen-bond acceptors (Lipinski definition) is 4. The van der Waals surface area contributed by atoms with Crippen molar-refractivity contribution in [1.82, 2.24) is 9.80 Å². The van der Waals surface area contributed by atoms with E-state index in [2.05, 4.69) is 46.2 Å². The first-order valence-corrected chi connectivity index (χ1v) is 9.59. The molecule has 1 atom stereocenters. The molecule has 2 aromatic rings. The lowest BCUT2D eigenvalue weighted by atomic mass is 9.95. The topological polar surface area (TPSA) is 24.9 Å². The number of hydrogen-bond donors (Lipinski definition) is 0. The molecule has 0 N–H and O–H groups in total. The summed E-state index contributed by atoms with van der Waals surface area (Å²) in [5.74, 6) is 2.49. The highest BCUT2D eigenvalue weighted by molar-refractivity contribution is 5.46. The minimum absolute atomic E-state index is 0.541. The van der Waals surface area contributed by atoms with Gasteiger partial charge in [0.1, 0.15) is 11.5 Å². The Morgan fingerprint density at radius 3 is 2.50 bits per heavy atom. The Balaban J connectivity index is 1.28. The van der Waals surface area contributed by atoms with Crippen molar-refractivity contribution in [2.24, 2.45) is 5.92 Å². The molecule has 0 aromatic heterocycles. The molecule has 1 unspecified atom stereocenters. The van der Waals surface area contributed by atoms with Gasteiger partial charge < -0.3 is 14.4 Å². The van der Waals surface area contributed by atoms with Crippen molar-refractivity contribution in [2.75, 3.05) is 46.4 Å². The molecular formula is C22H28N2O2. The van der Waals surface area contributed by atoms with Gasteiger partial charge in [-0.3, -0.25) is 4.90 Å². The first-order valence-electron chi connectivity index (χ1n) is 9.59. The fourth-order valence-corrected chi connectivity index (χ4v) is 4.08. The predicted molar refractivity (Wildman–Crippen MR) is 104 cm³/mol. The van der Waals surface area contributed by atoms with Crippen LogP contribution < -0.4 is 9.47 Å². The Morgan fingerprint density at radius 2 is 1.73 bits per heavy atom. The van der Waals surface area contributed by atoms with Gasteiger partial charge in [-0.15, -0.1) is 0 Å². The summed E-state index contributed by atoms with van der Waals surface area (Å²) in [6.07, 6.45) is 1.05. The van der Waals surface area contributed by atoms with Crippen LogP contribution in [0, 0.1) is 5.92 Å². The Hall–Kier alpha value is -2.04. The van der Waals surface area contributed by atoms with Crippen molar-refractivity contribution >= 4 is 0 Å². The molecule has 0 radical (unpaired) electrons. The highest BCUT2D eigenvalue weighted by Crippen LogP contribution is 2.34. The van der Waals surface area contributed by atoms with Crippen molar-refractivity contribution < 1.29 is 9.47 Å². The van der Waals surface area contributed by atoms with E-state index in [1.807, 2.05) is 12.1 Å². The number of ether oxygens (including phenoxy) is 2. The summed E-state index contributed by atoms with van der Waals surface area (Å²) in [4.78, 5) is 5.15. The zero-order valence-corrected chi connectivity index (χ0v) is 15.6. The van der Waals surface area contributed by atoms with E-state index in [9.17, 15) is 0 Å². The van der Waals surface area contributed by atoms with Crippen LogP contribution in [0.25, 0.3) is 0 Å². The lowest BCUT2D eigenvalue weighted by Crippen LogP contribution is -2.48. The van der Waals surface area contributed by atoms with Gasteiger partial charge in [-0.1, -0.05) is 36.4 Å². The molecule has 4 nitrogen and oxygen atoms in total. The number of fused-ring (bicyclic) bond motifs is 1. The average Bonchev–Trinajstić information content (AvgIpc) is 2.70. The monoisotopic (exact) mass is 352 g/mol. The number of nitrogens with zero attached hydrogens (tertiary/aromatic N) is 2. The second-order valence-corrected chi connectivity index (χ2v) is 7.38. The van der Waals surface area contributed by atoms with Crippen molar-refractivity contribution in [3.63, 3.8) is 0 Å². The van der Waals surface area contributed by atoms with Gasteiger partial charge >= 0.3 is 0 Å². The summed E-state index contributed by atoms with van der Waals surface area (Å²) < 4.78 is 11.5. The lowest BCUT2D eigenvalue weighted by Gasteiger charge is -2.37. The largest absolute Gasteiger partial charge is 0.496 e. The molecule has 0 spiro atoms. The first kappa shape index (κ1) is 17.4. The van der Waals surface area contributed by atoms with E-state index in [0.717, 1.165) is 63.8 Å². The molecule has 0 amide bonds. The molecule has 2 aliphatic rings. The van der Waals surface area contributed by atoms with Gasteiger partial charge in [0.05, 0.1) is 13.7 Å². The number of piperazine rings is 1. The van der Waals surface area contributed by atoms with Gasteiger partial charge in [-0.05, 0) is 24.1 Å². The van der Waals surface area contributed by atoms with Gasteiger partial charge in [-0.25, -0.2) is 0 Å². The smallest absolute Gasteiger partial charge is 0.126 e. The van der Waals surface area contributed by atoms with Crippen molar-refractivity contribution in [3.05, 3.63) is 59.7 Å². The van der Waals surface area contributed by atoms with Crippen LogP contribution in [0.15, 0.2) is 48.5 Å². The Kier molecular flexibility index (Phi) is 5.42.